The van der Waals surface area contributed by atoms with Gasteiger partial charge in [-0.1, -0.05) is 18.2 Å². The van der Waals surface area contributed by atoms with Crippen molar-refractivity contribution in [2.75, 3.05) is 19.0 Å². The van der Waals surface area contributed by atoms with Crippen LogP contribution in [0.25, 0.3) is 22.5 Å². The van der Waals surface area contributed by atoms with Crippen LogP contribution < -0.4 is 10.6 Å². The summed E-state index contributed by atoms with van der Waals surface area (Å²) in [5.74, 6) is -0.451. The molecule has 0 spiro atoms. The normalized spacial score (nSPS) is 12.1. The molecule has 2 heterocycles. The zero-order valence-corrected chi connectivity index (χ0v) is 19.1. The highest BCUT2D eigenvalue weighted by Crippen LogP contribution is 2.28. The number of amides is 2. The molecule has 10 heteroatoms. The number of rotatable bonds is 7. The number of carbonyl (C=O) groups excluding carboxylic acids is 2. The molecule has 0 saturated heterocycles. The predicted octanol–water partition coefficient (Wildman–Crippen LogP) is 3.75. The van der Waals surface area contributed by atoms with Crippen molar-refractivity contribution < 1.29 is 19.1 Å². The van der Waals surface area contributed by atoms with Gasteiger partial charge in [0.15, 0.2) is 5.13 Å². The van der Waals surface area contributed by atoms with E-state index in [1.807, 2.05) is 35.7 Å². The van der Waals surface area contributed by atoms with Crippen LogP contribution in [0.5, 0.6) is 0 Å². The van der Waals surface area contributed by atoms with Gasteiger partial charge in [-0.25, -0.2) is 19.7 Å². The molecule has 2 aromatic heterocycles. The number of aromatic nitrogens is 3. The SMILES string of the molecule is COC[C@H](NC(=O)OC(C)(C)C)C(=O)Nc1nc(-c2cccc(-c3ccncn3)c2)cs1. The minimum Gasteiger partial charge on any atom is -0.444 e. The molecule has 0 aliphatic rings. The van der Waals surface area contributed by atoms with E-state index in [0.717, 1.165) is 16.8 Å². The van der Waals surface area contributed by atoms with Gasteiger partial charge in [0.2, 0.25) is 0 Å². The zero-order valence-electron chi connectivity index (χ0n) is 18.3. The second kappa shape index (κ2) is 10.3. The first-order valence-corrected chi connectivity index (χ1v) is 10.7. The van der Waals surface area contributed by atoms with E-state index in [1.54, 1.807) is 27.0 Å². The third-order valence-electron chi connectivity index (χ3n) is 4.11. The third-order valence-corrected chi connectivity index (χ3v) is 4.87. The molecule has 0 unspecified atom stereocenters. The lowest BCUT2D eigenvalue weighted by atomic mass is 10.1. The van der Waals surface area contributed by atoms with Gasteiger partial charge in [-0.2, -0.15) is 0 Å². The molecule has 0 fully saturated rings. The number of methoxy groups -OCH3 is 1. The van der Waals surface area contributed by atoms with Crippen molar-refractivity contribution in [3.05, 3.63) is 48.2 Å². The molecule has 0 saturated carbocycles. The number of nitrogens with zero attached hydrogens (tertiary/aromatic N) is 3. The number of alkyl carbamates (subject to hydrolysis) is 1. The molecule has 0 bridgehead atoms. The van der Waals surface area contributed by atoms with Crippen LogP contribution in [0.1, 0.15) is 20.8 Å². The monoisotopic (exact) mass is 455 g/mol. The minimum atomic E-state index is -0.928. The average molecular weight is 456 g/mol. The summed E-state index contributed by atoms with van der Waals surface area (Å²) >= 11 is 1.29. The molecule has 168 valence electrons. The van der Waals surface area contributed by atoms with Crippen LogP contribution in [-0.2, 0) is 14.3 Å². The van der Waals surface area contributed by atoms with Crippen LogP contribution in [0, 0.1) is 0 Å². The Hall–Kier alpha value is -3.37. The van der Waals surface area contributed by atoms with Crippen molar-refractivity contribution >= 4 is 28.5 Å². The molecule has 0 radical (unpaired) electrons. The zero-order chi connectivity index (χ0) is 23.1. The molecule has 9 nitrogen and oxygen atoms in total. The first-order valence-electron chi connectivity index (χ1n) is 9.87. The van der Waals surface area contributed by atoms with Gasteiger partial charge >= 0.3 is 6.09 Å². The Bertz CT molecular complexity index is 1070. The lowest BCUT2D eigenvalue weighted by Gasteiger charge is -2.22. The fourth-order valence-electron chi connectivity index (χ4n) is 2.75. The van der Waals surface area contributed by atoms with Crippen LogP contribution in [0.2, 0.25) is 0 Å². The maximum Gasteiger partial charge on any atom is 0.408 e. The van der Waals surface area contributed by atoms with E-state index in [2.05, 4.69) is 25.6 Å². The van der Waals surface area contributed by atoms with E-state index >= 15 is 0 Å². The number of benzene rings is 1. The molecular formula is C22H25N5O4S. The van der Waals surface area contributed by atoms with E-state index in [0.29, 0.717) is 10.8 Å². The van der Waals surface area contributed by atoms with Crippen molar-refractivity contribution in [2.45, 2.75) is 32.4 Å². The largest absolute Gasteiger partial charge is 0.444 e. The highest BCUT2D eigenvalue weighted by atomic mass is 32.1. The van der Waals surface area contributed by atoms with Gasteiger partial charge in [0.05, 0.1) is 18.0 Å². The van der Waals surface area contributed by atoms with Crippen LogP contribution in [0.3, 0.4) is 0 Å². The minimum absolute atomic E-state index is 0.00964. The van der Waals surface area contributed by atoms with Crippen molar-refractivity contribution in [2.24, 2.45) is 0 Å². The Morgan fingerprint density at radius 3 is 2.56 bits per heavy atom. The summed E-state index contributed by atoms with van der Waals surface area (Å²) < 4.78 is 10.3. The molecule has 32 heavy (non-hydrogen) atoms. The summed E-state index contributed by atoms with van der Waals surface area (Å²) in [7, 11) is 1.45. The van der Waals surface area contributed by atoms with E-state index in [-0.39, 0.29) is 6.61 Å². The number of hydrogen-bond donors (Lipinski definition) is 2. The molecule has 3 aromatic rings. The van der Waals surface area contributed by atoms with Gasteiger partial charge in [-0.15, -0.1) is 11.3 Å². The quantitative estimate of drug-likeness (QED) is 0.557. The Morgan fingerprint density at radius 1 is 1.16 bits per heavy atom. The van der Waals surface area contributed by atoms with Crippen molar-refractivity contribution in [1.82, 2.24) is 20.3 Å². The van der Waals surface area contributed by atoms with Crippen LogP contribution in [0.15, 0.2) is 48.2 Å². The molecule has 1 aromatic carbocycles. The number of hydrogen-bond acceptors (Lipinski definition) is 8. The predicted molar refractivity (Wildman–Crippen MR) is 122 cm³/mol. The second-order valence-corrected chi connectivity index (χ2v) is 8.71. The van der Waals surface area contributed by atoms with E-state index in [4.69, 9.17) is 9.47 Å². The topological polar surface area (TPSA) is 115 Å². The summed E-state index contributed by atoms with van der Waals surface area (Å²) in [4.78, 5) is 37.4. The molecule has 0 aliphatic heterocycles. The van der Waals surface area contributed by atoms with Crippen LogP contribution >= 0.6 is 11.3 Å². The number of carbonyl (C=O) groups is 2. The Balaban J connectivity index is 1.70. The lowest BCUT2D eigenvalue weighted by Crippen LogP contribution is -2.48. The van der Waals surface area contributed by atoms with Crippen LogP contribution in [0.4, 0.5) is 9.93 Å². The molecule has 2 amide bonds. The smallest absolute Gasteiger partial charge is 0.408 e. The van der Waals surface area contributed by atoms with Gasteiger partial charge < -0.3 is 20.1 Å². The number of ether oxygens (including phenoxy) is 2. The van der Waals surface area contributed by atoms with Gasteiger partial charge in [0.25, 0.3) is 5.91 Å². The molecule has 3 rings (SSSR count). The molecule has 1 atom stereocenters. The molecule has 0 aliphatic carbocycles. The third kappa shape index (κ3) is 6.56. The average Bonchev–Trinajstić information content (AvgIpc) is 3.21. The van der Waals surface area contributed by atoms with E-state index in [1.165, 1.54) is 24.8 Å². The van der Waals surface area contributed by atoms with Crippen molar-refractivity contribution in [3.63, 3.8) is 0 Å². The van der Waals surface area contributed by atoms with Crippen LogP contribution in [-0.4, -0.2) is 52.3 Å². The summed E-state index contributed by atoms with van der Waals surface area (Å²) in [5.41, 5.74) is 2.66. The first kappa shape index (κ1) is 23.3. The van der Waals surface area contributed by atoms with E-state index in [9.17, 15) is 9.59 Å². The maximum absolute atomic E-state index is 12.7. The first-order chi connectivity index (χ1) is 15.2. The molecule has 2 N–H and O–H groups in total. The fraction of sp³-hybridized carbons (Fsp3) is 0.318. The summed E-state index contributed by atoms with van der Waals surface area (Å²) in [6.45, 7) is 5.22. The van der Waals surface area contributed by atoms with Crippen molar-refractivity contribution in [3.8, 4) is 22.5 Å². The maximum atomic E-state index is 12.7. The number of anilines is 1. The Labute approximate surface area is 190 Å². The summed E-state index contributed by atoms with van der Waals surface area (Å²) in [6, 6.07) is 8.69. The fourth-order valence-corrected chi connectivity index (χ4v) is 3.48. The van der Waals surface area contributed by atoms with Gasteiger partial charge in [0.1, 0.15) is 18.0 Å². The lowest BCUT2D eigenvalue weighted by molar-refractivity contribution is -0.119. The highest BCUT2D eigenvalue weighted by molar-refractivity contribution is 7.14. The molecular weight excluding hydrogens is 430 g/mol. The van der Waals surface area contributed by atoms with Gasteiger partial charge in [-0.05, 0) is 32.9 Å². The number of nitrogens with one attached hydrogen (secondary N) is 2. The Kier molecular flexibility index (Phi) is 7.49. The number of thiazole rings is 1. The highest BCUT2D eigenvalue weighted by Gasteiger charge is 2.25. The standard InChI is InChI=1S/C22H25N5O4S/c1-22(2,3)31-21(29)26-17(11-30-4)19(28)27-20-25-18(12-32-20)15-7-5-6-14(10-15)16-8-9-23-13-24-16/h5-10,12-13,17H,11H2,1-4H3,(H,26,29)(H,25,27,28)/t17-/m0/s1. The van der Waals surface area contributed by atoms with E-state index < -0.39 is 23.6 Å². The van der Waals surface area contributed by atoms with Gasteiger partial charge in [0, 0.05) is 29.8 Å². The summed E-state index contributed by atoms with van der Waals surface area (Å²) in [5, 5.41) is 7.51. The summed E-state index contributed by atoms with van der Waals surface area (Å²) in [6.07, 6.45) is 2.49. The Morgan fingerprint density at radius 2 is 1.91 bits per heavy atom. The second-order valence-electron chi connectivity index (χ2n) is 7.86. The van der Waals surface area contributed by atoms with Crippen molar-refractivity contribution in [1.29, 1.82) is 0 Å². The van der Waals surface area contributed by atoms with Gasteiger partial charge in [-0.3, -0.25) is 4.79 Å².